The maximum Gasteiger partial charge on any atom is 0.184 e. The van der Waals surface area contributed by atoms with E-state index in [0.717, 1.165) is 0 Å². The second-order valence-electron chi connectivity index (χ2n) is 3.55. The van der Waals surface area contributed by atoms with E-state index in [4.69, 9.17) is 9.47 Å². The average Bonchev–Trinajstić information content (AvgIpc) is 2.29. The molecule has 0 aliphatic rings. The highest BCUT2D eigenvalue weighted by atomic mass is 79.9. The zero-order chi connectivity index (χ0) is 13.6. The van der Waals surface area contributed by atoms with Gasteiger partial charge in [0, 0.05) is 17.7 Å². The molecule has 18 heavy (non-hydrogen) atoms. The van der Waals surface area contributed by atoms with Gasteiger partial charge in [0.2, 0.25) is 0 Å². The molecule has 1 aromatic carbocycles. The minimum absolute atomic E-state index is 0.183. The molecule has 0 aliphatic carbocycles. The lowest BCUT2D eigenvalue weighted by Gasteiger charge is -2.17. The van der Waals surface area contributed by atoms with Gasteiger partial charge in [-0.1, -0.05) is 12.1 Å². The molecule has 1 rings (SSSR count). The van der Waals surface area contributed by atoms with Gasteiger partial charge in [-0.15, -0.1) is 0 Å². The number of hydrogen-bond acceptors (Lipinski definition) is 4. The third kappa shape index (κ3) is 4.35. The van der Waals surface area contributed by atoms with Gasteiger partial charge in [0.1, 0.15) is 5.75 Å². The van der Waals surface area contributed by atoms with Crippen molar-refractivity contribution in [3.8, 4) is 0 Å². The molecule has 0 bridgehead atoms. The lowest BCUT2D eigenvalue weighted by Crippen LogP contribution is -2.27. The molecule has 0 N–H and O–H groups in total. The maximum atomic E-state index is 12.2. The number of rotatable bonds is 7. The van der Waals surface area contributed by atoms with Crippen molar-refractivity contribution in [2.24, 2.45) is 0 Å². The first-order valence-electron chi connectivity index (χ1n) is 5.71. The van der Waals surface area contributed by atoms with Gasteiger partial charge in [-0.05, 0) is 41.9 Å². The molecule has 102 valence electrons. The van der Waals surface area contributed by atoms with E-state index in [-0.39, 0.29) is 10.6 Å². The normalized spacial score (nSPS) is 12.0. The van der Waals surface area contributed by atoms with Crippen LogP contribution in [-0.2, 0) is 19.3 Å². The molecule has 0 spiro atoms. The Kier molecular flexibility index (Phi) is 6.28. The van der Waals surface area contributed by atoms with Crippen LogP contribution in [0.4, 0.5) is 0 Å². The van der Waals surface area contributed by atoms with Gasteiger partial charge in [-0.25, -0.2) is 8.42 Å². The first-order valence-corrected chi connectivity index (χ1v) is 8.16. The number of hydrogen-bond donors (Lipinski definition) is 0. The Morgan fingerprint density at radius 3 is 2.22 bits per heavy atom. The van der Waals surface area contributed by atoms with Crippen LogP contribution in [-0.4, -0.2) is 33.7 Å². The molecule has 0 saturated heterocycles. The highest BCUT2D eigenvalue weighted by Gasteiger charge is 2.23. The smallest absolute Gasteiger partial charge is 0.184 e. The molecule has 0 aliphatic heterocycles. The van der Waals surface area contributed by atoms with Crippen LogP contribution in [0.2, 0.25) is 0 Å². The van der Waals surface area contributed by atoms with Crippen molar-refractivity contribution in [3.63, 3.8) is 0 Å². The maximum absolute atomic E-state index is 12.2. The van der Waals surface area contributed by atoms with Crippen molar-refractivity contribution < 1.29 is 17.9 Å². The summed E-state index contributed by atoms with van der Waals surface area (Å²) in [5.41, 5.74) is 0. The Bertz CT molecular complexity index is 467. The molecule has 1 aromatic rings. The minimum Gasteiger partial charge on any atom is -0.352 e. The summed E-state index contributed by atoms with van der Waals surface area (Å²) in [5.74, 6) is -0.183. The van der Waals surface area contributed by atoms with Crippen LogP contribution < -0.4 is 0 Å². The molecule has 0 amide bonds. The molecular formula is C12H17BrO4S. The first-order chi connectivity index (χ1) is 8.51. The van der Waals surface area contributed by atoms with Crippen LogP contribution in [0.1, 0.15) is 13.8 Å². The Balaban J connectivity index is 2.90. The van der Waals surface area contributed by atoms with Crippen molar-refractivity contribution in [2.75, 3.05) is 19.0 Å². The molecular weight excluding hydrogens is 320 g/mol. The van der Waals surface area contributed by atoms with Gasteiger partial charge in [-0.3, -0.25) is 0 Å². The van der Waals surface area contributed by atoms with Crippen LogP contribution in [0.5, 0.6) is 0 Å². The van der Waals surface area contributed by atoms with Crippen molar-refractivity contribution in [3.05, 3.63) is 28.7 Å². The average molecular weight is 337 g/mol. The van der Waals surface area contributed by atoms with Crippen molar-refractivity contribution in [2.45, 2.75) is 25.0 Å². The highest BCUT2D eigenvalue weighted by molar-refractivity contribution is 9.10. The number of halogens is 1. The summed E-state index contributed by atoms with van der Waals surface area (Å²) < 4.78 is 35.5. The summed E-state index contributed by atoms with van der Waals surface area (Å²) in [6, 6.07) is 6.72. The summed E-state index contributed by atoms with van der Waals surface area (Å²) >= 11 is 3.24. The van der Waals surface area contributed by atoms with E-state index in [0.29, 0.717) is 17.7 Å². The van der Waals surface area contributed by atoms with Gasteiger partial charge in [0.25, 0.3) is 0 Å². The first kappa shape index (κ1) is 15.6. The van der Waals surface area contributed by atoms with Gasteiger partial charge in [0.15, 0.2) is 16.1 Å². The van der Waals surface area contributed by atoms with E-state index < -0.39 is 16.1 Å². The molecule has 6 heteroatoms. The Labute approximate surface area is 116 Å². The van der Waals surface area contributed by atoms with Crippen molar-refractivity contribution in [1.82, 2.24) is 0 Å². The van der Waals surface area contributed by atoms with E-state index in [9.17, 15) is 8.42 Å². The fourth-order valence-corrected chi connectivity index (χ4v) is 3.89. The lowest BCUT2D eigenvalue weighted by atomic mass is 10.4. The highest BCUT2D eigenvalue weighted by Crippen LogP contribution is 2.23. The lowest BCUT2D eigenvalue weighted by molar-refractivity contribution is -0.120. The monoisotopic (exact) mass is 336 g/mol. The van der Waals surface area contributed by atoms with Gasteiger partial charge in [-0.2, -0.15) is 0 Å². The number of sulfone groups is 1. The fraction of sp³-hybridized carbons (Fsp3) is 0.500. The van der Waals surface area contributed by atoms with E-state index in [2.05, 4.69) is 15.9 Å². The van der Waals surface area contributed by atoms with Crippen molar-refractivity contribution in [1.29, 1.82) is 0 Å². The van der Waals surface area contributed by atoms with E-state index in [1.165, 1.54) is 0 Å². The summed E-state index contributed by atoms with van der Waals surface area (Å²) in [4.78, 5) is 0.259. The SMILES string of the molecule is CCOC(CS(=O)(=O)c1ccccc1Br)OCC. The van der Waals surface area contributed by atoms with Crippen LogP contribution in [0.15, 0.2) is 33.6 Å². The number of ether oxygens (including phenoxy) is 2. The fourth-order valence-electron chi connectivity index (χ4n) is 1.48. The van der Waals surface area contributed by atoms with Crippen LogP contribution in [0.3, 0.4) is 0 Å². The van der Waals surface area contributed by atoms with Crippen molar-refractivity contribution >= 4 is 25.8 Å². The van der Waals surface area contributed by atoms with Crippen LogP contribution in [0.25, 0.3) is 0 Å². The molecule has 0 radical (unpaired) electrons. The molecule has 0 aromatic heterocycles. The Hall–Kier alpha value is -0.430. The van der Waals surface area contributed by atoms with Gasteiger partial charge in [0.05, 0.1) is 4.90 Å². The predicted octanol–water partition coefficient (Wildman–Crippen LogP) is 2.62. The standard InChI is InChI=1S/C12H17BrO4S/c1-3-16-12(17-4-2)9-18(14,15)11-8-6-5-7-10(11)13/h5-8,12H,3-4,9H2,1-2H3. The minimum atomic E-state index is -3.43. The number of benzene rings is 1. The molecule has 0 saturated carbocycles. The third-order valence-corrected chi connectivity index (χ3v) is 4.92. The topological polar surface area (TPSA) is 52.6 Å². The zero-order valence-corrected chi connectivity index (χ0v) is 12.8. The third-order valence-electron chi connectivity index (χ3n) is 2.23. The second-order valence-corrected chi connectivity index (χ2v) is 6.41. The van der Waals surface area contributed by atoms with Crippen LogP contribution in [0, 0.1) is 0 Å². The molecule has 4 nitrogen and oxygen atoms in total. The Morgan fingerprint density at radius 2 is 1.72 bits per heavy atom. The largest absolute Gasteiger partial charge is 0.352 e. The molecule has 0 atom stereocenters. The van der Waals surface area contributed by atoms with Crippen LogP contribution >= 0.6 is 15.9 Å². The summed E-state index contributed by atoms with van der Waals surface area (Å²) in [7, 11) is -3.43. The summed E-state index contributed by atoms with van der Waals surface area (Å²) in [6.45, 7) is 4.43. The molecule has 0 heterocycles. The summed E-state index contributed by atoms with van der Waals surface area (Å²) in [5, 5.41) is 0. The summed E-state index contributed by atoms with van der Waals surface area (Å²) in [6.07, 6.45) is -0.725. The Morgan fingerprint density at radius 1 is 1.17 bits per heavy atom. The van der Waals surface area contributed by atoms with Gasteiger partial charge < -0.3 is 9.47 Å². The van der Waals surface area contributed by atoms with E-state index >= 15 is 0 Å². The van der Waals surface area contributed by atoms with Gasteiger partial charge >= 0.3 is 0 Å². The van der Waals surface area contributed by atoms with E-state index in [1.54, 1.807) is 38.1 Å². The zero-order valence-electron chi connectivity index (χ0n) is 10.4. The molecule has 0 unspecified atom stereocenters. The second kappa shape index (κ2) is 7.23. The quantitative estimate of drug-likeness (QED) is 0.718. The molecule has 0 fully saturated rings. The van der Waals surface area contributed by atoms with E-state index in [1.807, 2.05) is 0 Å². The predicted molar refractivity (Wildman–Crippen MR) is 73.2 cm³/mol.